The number of carbonyl (C=O) groups is 1. The highest BCUT2D eigenvalue weighted by Crippen LogP contribution is 2.24. The van der Waals surface area contributed by atoms with Crippen LogP contribution in [0.3, 0.4) is 0 Å². The predicted octanol–water partition coefficient (Wildman–Crippen LogP) is 5.05. The smallest absolute Gasteiger partial charge is 0.191 e. The molecule has 4 heteroatoms. The maximum Gasteiger partial charge on any atom is 0.191 e. The van der Waals surface area contributed by atoms with Gasteiger partial charge in [0.05, 0.1) is 13.8 Å². The molecular formula is C26H26N2O2. The fourth-order valence-corrected chi connectivity index (χ4v) is 3.67. The summed E-state index contributed by atoms with van der Waals surface area (Å²) < 4.78 is 5.22. The second-order valence-electron chi connectivity index (χ2n) is 7.63. The highest BCUT2D eigenvalue weighted by atomic mass is 16.5. The summed E-state index contributed by atoms with van der Waals surface area (Å²) in [5.41, 5.74) is 4.99. The van der Waals surface area contributed by atoms with E-state index in [9.17, 15) is 4.79 Å². The molecule has 0 spiro atoms. The Balaban J connectivity index is 1.63. The van der Waals surface area contributed by atoms with E-state index in [2.05, 4.69) is 65.3 Å². The number of rotatable bonds is 6. The van der Waals surface area contributed by atoms with E-state index < -0.39 is 0 Å². The molecule has 3 aromatic carbocycles. The lowest BCUT2D eigenvalue weighted by Gasteiger charge is -2.35. The molecule has 0 atom stereocenters. The van der Waals surface area contributed by atoms with Gasteiger partial charge in [0.2, 0.25) is 0 Å². The number of benzene rings is 3. The fraction of sp³-hybridized carbons (Fsp3) is 0.192. The number of hydrogen-bond donors (Lipinski definition) is 0. The summed E-state index contributed by atoms with van der Waals surface area (Å²) in [6.45, 7) is 4.21. The summed E-state index contributed by atoms with van der Waals surface area (Å²) in [6.07, 6.45) is 2.00. The fourth-order valence-electron chi connectivity index (χ4n) is 3.67. The quantitative estimate of drug-likeness (QED) is 0.544. The first-order valence-corrected chi connectivity index (χ1v) is 10.1. The Morgan fingerprint density at radius 1 is 0.933 bits per heavy atom. The first-order chi connectivity index (χ1) is 14.6. The van der Waals surface area contributed by atoms with Crippen molar-refractivity contribution >= 4 is 11.5 Å². The van der Waals surface area contributed by atoms with Crippen LogP contribution in [0, 0.1) is 6.92 Å². The van der Waals surface area contributed by atoms with Crippen LogP contribution in [-0.4, -0.2) is 31.0 Å². The molecule has 0 bridgehead atoms. The summed E-state index contributed by atoms with van der Waals surface area (Å²) in [7, 11) is 1.63. The van der Waals surface area contributed by atoms with Gasteiger partial charge in [-0.15, -0.1) is 0 Å². The third-order valence-corrected chi connectivity index (χ3v) is 5.32. The van der Waals surface area contributed by atoms with E-state index in [4.69, 9.17) is 4.74 Å². The predicted molar refractivity (Wildman–Crippen MR) is 121 cm³/mol. The third-order valence-electron chi connectivity index (χ3n) is 5.32. The SMILES string of the molecule is COc1ccc(C(=O)C2=CN(c3ccc(C)cc3)CN(Cc3ccccc3)C2)cc1. The molecule has 0 aliphatic carbocycles. The molecule has 0 aromatic heterocycles. The number of anilines is 1. The summed E-state index contributed by atoms with van der Waals surface area (Å²) in [5, 5.41) is 0. The Bertz CT molecular complexity index is 1020. The van der Waals surface area contributed by atoms with Crippen LogP contribution >= 0.6 is 0 Å². The van der Waals surface area contributed by atoms with Crippen molar-refractivity contribution in [1.82, 2.24) is 4.90 Å². The molecule has 1 heterocycles. The molecule has 0 N–H and O–H groups in total. The van der Waals surface area contributed by atoms with E-state index in [1.54, 1.807) is 7.11 Å². The first-order valence-electron chi connectivity index (χ1n) is 10.1. The lowest BCUT2D eigenvalue weighted by Crippen LogP contribution is -2.41. The lowest BCUT2D eigenvalue weighted by molar-refractivity contribution is 0.101. The molecule has 3 aromatic rings. The monoisotopic (exact) mass is 398 g/mol. The van der Waals surface area contributed by atoms with Crippen molar-refractivity contribution in [2.75, 3.05) is 25.2 Å². The van der Waals surface area contributed by atoms with Gasteiger partial charge < -0.3 is 9.64 Å². The Morgan fingerprint density at radius 3 is 2.30 bits per heavy atom. The molecule has 4 rings (SSSR count). The zero-order valence-electron chi connectivity index (χ0n) is 17.4. The van der Waals surface area contributed by atoms with Crippen LogP contribution in [0.1, 0.15) is 21.5 Å². The van der Waals surface area contributed by atoms with Crippen LogP contribution in [0.5, 0.6) is 5.75 Å². The van der Waals surface area contributed by atoms with Gasteiger partial charge in [-0.3, -0.25) is 9.69 Å². The minimum Gasteiger partial charge on any atom is -0.497 e. The van der Waals surface area contributed by atoms with E-state index in [1.165, 1.54) is 11.1 Å². The minimum absolute atomic E-state index is 0.0486. The molecule has 0 radical (unpaired) electrons. The molecule has 1 aliphatic heterocycles. The number of ketones is 1. The number of methoxy groups -OCH3 is 1. The Kier molecular flexibility index (Phi) is 5.96. The number of nitrogens with zero attached hydrogens (tertiary/aromatic N) is 2. The van der Waals surface area contributed by atoms with E-state index >= 15 is 0 Å². The zero-order valence-corrected chi connectivity index (χ0v) is 17.4. The molecule has 1 aliphatic rings. The van der Waals surface area contributed by atoms with Crippen LogP contribution in [0.25, 0.3) is 0 Å². The maximum absolute atomic E-state index is 13.3. The normalized spacial score (nSPS) is 14.3. The summed E-state index contributed by atoms with van der Waals surface area (Å²) in [6, 6.07) is 26.1. The van der Waals surface area contributed by atoms with Crippen molar-refractivity contribution < 1.29 is 9.53 Å². The average molecular weight is 399 g/mol. The Morgan fingerprint density at radius 2 is 1.63 bits per heavy atom. The van der Waals surface area contributed by atoms with E-state index in [0.717, 1.165) is 30.2 Å². The van der Waals surface area contributed by atoms with Crippen molar-refractivity contribution in [3.05, 3.63) is 107 Å². The van der Waals surface area contributed by atoms with E-state index in [1.807, 2.05) is 36.5 Å². The molecule has 0 amide bonds. The van der Waals surface area contributed by atoms with Crippen LogP contribution in [-0.2, 0) is 6.54 Å². The highest BCUT2D eigenvalue weighted by Gasteiger charge is 2.24. The topological polar surface area (TPSA) is 32.8 Å². The Hall–Kier alpha value is -3.37. The molecular weight excluding hydrogens is 372 g/mol. The summed E-state index contributed by atoms with van der Waals surface area (Å²) >= 11 is 0. The molecule has 152 valence electrons. The minimum atomic E-state index is 0.0486. The lowest BCUT2D eigenvalue weighted by atomic mass is 10.0. The second-order valence-corrected chi connectivity index (χ2v) is 7.63. The maximum atomic E-state index is 13.3. The number of hydrogen-bond acceptors (Lipinski definition) is 4. The highest BCUT2D eigenvalue weighted by molar-refractivity contribution is 6.09. The van der Waals surface area contributed by atoms with Crippen molar-refractivity contribution in [2.24, 2.45) is 0 Å². The van der Waals surface area contributed by atoms with Crippen LogP contribution in [0.4, 0.5) is 5.69 Å². The third kappa shape index (κ3) is 4.61. The second kappa shape index (κ2) is 8.97. The van der Waals surface area contributed by atoms with Gasteiger partial charge in [-0.2, -0.15) is 0 Å². The molecule has 0 unspecified atom stereocenters. The molecule has 4 nitrogen and oxygen atoms in total. The van der Waals surface area contributed by atoms with Crippen molar-refractivity contribution in [1.29, 1.82) is 0 Å². The van der Waals surface area contributed by atoms with Gasteiger partial charge in [-0.25, -0.2) is 0 Å². The summed E-state index contributed by atoms with van der Waals surface area (Å²) in [4.78, 5) is 17.7. The van der Waals surface area contributed by atoms with Gasteiger partial charge >= 0.3 is 0 Å². The Labute approximate surface area is 178 Å². The number of carbonyl (C=O) groups excluding carboxylic acids is 1. The standard InChI is InChI=1S/C26H26N2O2/c1-20-8-12-24(13-9-20)28-18-23(26(29)22-10-14-25(30-2)15-11-22)17-27(19-28)16-21-6-4-3-5-7-21/h3-15,18H,16-17,19H2,1-2H3. The van der Waals surface area contributed by atoms with Crippen molar-refractivity contribution in [3.8, 4) is 5.75 Å². The van der Waals surface area contributed by atoms with Crippen molar-refractivity contribution in [2.45, 2.75) is 13.5 Å². The average Bonchev–Trinajstić information content (AvgIpc) is 2.79. The molecule has 0 saturated carbocycles. The van der Waals surface area contributed by atoms with Crippen LogP contribution in [0.2, 0.25) is 0 Å². The number of ether oxygens (including phenoxy) is 1. The van der Waals surface area contributed by atoms with Gasteiger partial charge in [0.1, 0.15) is 5.75 Å². The number of Topliss-reactive ketones (excluding diaryl/α,β-unsaturated/α-hetero) is 1. The van der Waals surface area contributed by atoms with Gasteiger partial charge in [-0.1, -0.05) is 48.0 Å². The molecule has 30 heavy (non-hydrogen) atoms. The van der Waals surface area contributed by atoms with Gasteiger partial charge in [0.25, 0.3) is 0 Å². The van der Waals surface area contributed by atoms with Crippen LogP contribution < -0.4 is 9.64 Å². The van der Waals surface area contributed by atoms with Gasteiger partial charge in [-0.05, 0) is 48.9 Å². The largest absolute Gasteiger partial charge is 0.497 e. The van der Waals surface area contributed by atoms with Gasteiger partial charge in [0, 0.05) is 36.1 Å². The zero-order chi connectivity index (χ0) is 20.9. The molecule has 0 saturated heterocycles. The van der Waals surface area contributed by atoms with Gasteiger partial charge in [0.15, 0.2) is 5.78 Å². The van der Waals surface area contributed by atoms with Crippen molar-refractivity contribution in [3.63, 3.8) is 0 Å². The first kappa shape index (κ1) is 19.9. The van der Waals surface area contributed by atoms with E-state index in [0.29, 0.717) is 12.1 Å². The number of aryl methyl sites for hydroxylation is 1. The summed E-state index contributed by atoms with van der Waals surface area (Å²) in [5.74, 6) is 0.795. The molecule has 0 fully saturated rings. The van der Waals surface area contributed by atoms with E-state index in [-0.39, 0.29) is 5.78 Å². The van der Waals surface area contributed by atoms with Crippen LogP contribution in [0.15, 0.2) is 90.6 Å².